The molecule has 0 aliphatic rings. The maximum atomic E-state index is 12.8. The van der Waals surface area contributed by atoms with Crippen LogP contribution < -0.4 is 5.32 Å². The van der Waals surface area contributed by atoms with Gasteiger partial charge >= 0.3 is 0 Å². The Bertz CT molecular complexity index is 1060. The molecule has 0 fully saturated rings. The molecule has 130 valence electrons. The van der Waals surface area contributed by atoms with Gasteiger partial charge in [-0.3, -0.25) is 14.5 Å². The molecular formula is C20H19N5O. The summed E-state index contributed by atoms with van der Waals surface area (Å²) in [5.41, 5.74) is 3.82. The first-order valence-electron chi connectivity index (χ1n) is 8.50. The largest absolute Gasteiger partial charge is 0.321 e. The number of hydrogen-bond acceptors (Lipinski definition) is 3. The van der Waals surface area contributed by atoms with E-state index in [1.165, 1.54) is 0 Å². The topological polar surface area (TPSA) is 64.2 Å². The number of nitrogens with one attached hydrogen (secondary N) is 1. The Kier molecular flexibility index (Phi) is 4.01. The number of nitrogens with zero attached hydrogens (tertiary/aromatic N) is 4. The summed E-state index contributed by atoms with van der Waals surface area (Å²) in [6.07, 6.45) is 7.20. The summed E-state index contributed by atoms with van der Waals surface area (Å²) >= 11 is 0. The predicted molar refractivity (Wildman–Crippen MR) is 101 cm³/mol. The molecule has 4 aromatic rings. The third-order valence-corrected chi connectivity index (χ3v) is 4.24. The highest BCUT2D eigenvalue weighted by Crippen LogP contribution is 2.26. The van der Waals surface area contributed by atoms with E-state index in [4.69, 9.17) is 0 Å². The second kappa shape index (κ2) is 6.48. The van der Waals surface area contributed by atoms with Crippen LogP contribution in [0.5, 0.6) is 0 Å². The van der Waals surface area contributed by atoms with Crippen LogP contribution >= 0.6 is 0 Å². The van der Waals surface area contributed by atoms with Crippen molar-refractivity contribution in [3.05, 3.63) is 72.8 Å². The summed E-state index contributed by atoms with van der Waals surface area (Å²) in [6, 6.07) is 13.5. The van der Waals surface area contributed by atoms with Crippen molar-refractivity contribution in [3.63, 3.8) is 0 Å². The zero-order chi connectivity index (χ0) is 18.1. The van der Waals surface area contributed by atoms with Gasteiger partial charge in [0.05, 0.1) is 28.7 Å². The van der Waals surface area contributed by atoms with Gasteiger partial charge in [0.1, 0.15) is 5.69 Å². The van der Waals surface area contributed by atoms with E-state index in [2.05, 4.69) is 29.2 Å². The molecular weight excluding hydrogens is 326 g/mol. The van der Waals surface area contributed by atoms with Crippen molar-refractivity contribution >= 4 is 17.1 Å². The Morgan fingerprint density at radius 2 is 2.00 bits per heavy atom. The lowest BCUT2D eigenvalue weighted by atomic mass is 10.2. The first kappa shape index (κ1) is 16.1. The van der Waals surface area contributed by atoms with E-state index in [0.717, 1.165) is 16.9 Å². The monoisotopic (exact) mass is 345 g/mol. The first-order valence-corrected chi connectivity index (χ1v) is 8.50. The molecule has 0 spiro atoms. The zero-order valence-electron chi connectivity index (χ0n) is 14.6. The van der Waals surface area contributed by atoms with Crippen molar-refractivity contribution in [2.75, 3.05) is 5.32 Å². The predicted octanol–water partition coefficient (Wildman–Crippen LogP) is 4.03. The highest BCUT2D eigenvalue weighted by atomic mass is 16.1. The molecule has 0 aliphatic heterocycles. The summed E-state index contributed by atoms with van der Waals surface area (Å²) in [4.78, 5) is 16.8. The molecule has 26 heavy (non-hydrogen) atoms. The molecule has 0 unspecified atom stereocenters. The van der Waals surface area contributed by atoms with E-state index in [1.807, 2.05) is 57.9 Å². The molecule has 0 radical (unpaired) electrons. The molecule has 0 aromatic carbocycles. The molecule has 0 atom stereocenters. The Morgan fingerprint density at radius 1 is 1.12 bits per heavy atom. The van der Waals surface area contributed by atoms with Crippen LogP contribution in [0.4, 0.5) is 5.69 Å². The van der Waals surface area contributed by atoms with Crippen LogP contribution in [0.2, 0.25) is 0 Å². The number of fused-ring (bicyclic) bond motifs is 1. The maximum Gasteiger partial charge on any atom is 0.257 e. The average Bonchev–Trinajstić information content (AvgIpc) is 3.27. The third kappa shape index (κ3) is 2.86. The number of amides is 1. The van der Waals surface area contributed by atoms with Gasteiger partial charge in [0.2, 0.25) is 0 Å². The highest BCUT2D eigenvalue weighted by molar-refractivity contribution is 6.10. The Labute approximate surface area is 151 Å². The van der Waals surface area contributed by atoms with Crippen molar-refractivity contribution < 1.29 is 4.79 Å². The fourth-order valence-corrected chi connectivity index (χ4v) is 2.93. The van der Waals surface area contributed by atoms with E-state index in [9.17, 15) is 4.79 Å². The molecule has 1 N–H and O–H groups in total. The zero-order valence-corrected chi connectivity index (χ0v) is 14.6. The highest BCUT2D eigenvalue weighted by Gasteiger charge is 2.18. The van der Waals surface area contributed by atoms with E-state index in [1.54, 1.807) is 18.5 Å². The number of pyridine rings is 2. The average molecular weight is 345 g/mol. The maximum absolute atomic E-state index is 12.8. The van der Waals surface area contributed by atoms with Crippen molar-refractivity contribution in [2.45, 2.75) is 19.9 Å². The minimum Gasteiger partial charge on any atom is -0.321 e. The van der Waals surface area contributed by atoms with Gasteiger partial charge in [-0.15, -0.1) is 0 Å². The Hall–Kier alpha value is -3.41. The van der Waals surface area contributed by atoms with Crippen LogP contribution in [0.15, 0.2) is 67.3 Å². The third-order valence-electron chi connectivity index (χ3n) is 4.24. The number of carbonyl (C=O) groups excluding carboxylic acids is 1. The molecule has 6 heteroatoms. The van der Waals surface area contributed by atoms with Crippen LogP contribution in [0.3, 0.4) is 0 Å². The lowest BCUT2D eigenvalue weighted by molar-refractivity contribution is 0.102. The van der Waals surface area contributed by atoms with Gasteiger partial charge in [-0.1, -0.05) is 6.07 Å². The van der Waals surface area contributed by atoms with Gasteiger partial charge in [0.25, 0.3) is 5.91 Å². The normalized spacial score (nSPS) is 11.2. The SMILES string of the molecule is CC(C)n1ccc(-c2cc(C(=O)Nc3cccnc3)c3ccccn23)n1. The van der Waals surface area contributed by atoms with Crippen molar-refractivity contribution in [2.24, 2.45) is 0 Å². The number of anilines is 1. The lowest BCUT2D eigenvalue weighted by Gasteiger charge is -2.04. The second-order valence-electron chi connectivity index (χ2n) is 6.37. The van der Waals surface area contributed by atoms with E-state index in [0.29, 0.717) is 11.3 Å². The lowest BCUT2D eigenvalue weighted by Crippen LogP contribution is -2.11. The Balaban J connectivity index is 1.77. The molecule has 6 nitrogen and oxygen atoms in total. The number of carbonyl (C=O) groups is 1. The van der Waals surface area contributed by atoms with Gasteiger partial charge in [-0.25, -0.2) is 0 Å². The molecule has 0 saturated heterocycles. The number of aromatic nitrogens is 4. The quantitative estimate of drug-likeness (QED) is 0.607. The molecule has 4 rings (SSSR count). The van der Waals surface area contributed by atoms with Crippen molar-refractivity contribution in [1.82, 2.24) is 19.2 Å². The summed E-state index contributed by atoms with van der Waals surface area (Å²) in [6.45, 7) is 4.17. The first-order chi connectivity index (χ1) is 12.6. The Morgan fingerprint density at radius 3 is 2.73 bits per heavy atom. The summed E-state index contributed by atoms with van der Waals surface area (Å²) < 4.78 is 3.90. The molecule has 1 amide bonds. The fraction of sp³-hybridized carbons (Fsp3) is 0.150. The standard InChI is InChI=1S/C20H19N5O/c1-14(2)25-11-8-17(23-25)19-12-16(18-7-3-4-10-24(18)19)20(26)22-15-6-5-9-21-13-15/h3-14H,1-2H3,(H,22,26). The van der Waals surface area contributed by atoms with E-state index < -0.39 is 0 Å². The fourth-order valence-electron chi connectivity index (χ4n) is 2.93. The van der Waals surface area contributed by atoms with Crippen LogP contribution in [0.1, 0.15) is 30.2 Å². The van der Waals surface area contributed by atoms with Crippen molar-refractivity contribution in [1.29, 1.82) is 0 Å². The molecule has 4 aromatic heterocycles. The van der Waals surface area contributed by atoms with Gasteiger partial charge in [-0.2, -0.15) is 5.10 Å². The smallest absolute Gasteiger partial charge is 0.257 e. The minimum atomic E-state index is -0.170. The van der Waals surface area contributed by atoms with Crippen LogP contribution in [0, 0.1) is 0 Å². The number of hydrogen-bond donors (Lipinski definition) is 1. The minimum absolute atomic E-state index is 0.170. The van der Waals surface area contributed by atoms with Gasteiger partial charge in [0.15, 0.2) is 0 Å². The van der Waals surface area contributed by atoms with E-state index in [-0.39, 0.29) is 11.9 Å². The summed E-state index contributed by atoms with van der Waals surface area (Å²) in [5, 5.41) is 7.54. The second-order valence-corrected chi connectivity index (χ2v) is 6.37. The van der Waals surface area contributed by atoms with Crippen molar-refractivity contribution in [3.8, 4) is 11.4 Å². The van der Waals surface area contributed by atoms with Gasteiger partial charge < -0.3 is 9.72 Å². The number of rotatable bonds is 4. The van der Waals surface area contributed by atoms with Gasteiger partial charge in [0, 0.05) is 24.6 Å². The molecule has 0 saturated carbocycles. The van der Waals surface area contributed by atoms with E-state index >= 15 is 0 Å². The molecule has 4 heterocycles. The molecule has 0 bridgehead atoms. The van der Waals surface area contributed by atoms with Crippen LogP contribution in [-0.4, -0.2) is 25.1 Å². The van der Waals surface area contributed by atoms with Gasteiger partial charge in [-0.05, 0) is 50.2 Å². The summed E-state index contributed by atoms with van der Waals surface area (Å²) in [5.74, 6) is -0.170. The van der Waals surface area contributed by atoms with Crippen LogP contribution in [0.25, 0.3) is 16.9 Å². The summed E-state index contributed by atoms with van der Waals surface area (Å²) in [7, 11) is 0. The van der Waals surface area contributed by atoms with Crippen LogP contribution in [-0.2, 0) is 0 Å². The molecule has 0 aliphatic carbocycles.